The zero-order valence-electron chi connectivity index (χ0n) is 20.6. The Kier molecular flexibility index (Phi) is 6.00. The lowest BCUT2D eigenvalue weighted by atomic mass is 9.92. The van der Waals surface area contributed by atoms with Gasteiger partial charge in [-0.3, -0.25) is 4.72 Å². The van der Waals surface area contributed by atoms with E-state index in [1.807, 2.05) is 37.3 Å². The Hall–Kier alpha value is -3.63. The minimum absolute atomic E-state index is 0.0721. The third-order valence-electron chi connectivity index (χ3n) is 7.29. The van der Waals surface area contributed by atoms with Crippen LogP contribution < -0.4 is 19.9 Å². The Morgan fingerprint density at radius 3 is 2.43 bits per heavy atom. The van der Waals surface area contributed by atoms with Crippen LogP contribution in [-0.4, -0.2) is 29.0 Å². The maximum absolute atomic E-state index is 12.6. The average Bonchev–Trinajstić information content (AvgIpc) is 3.66. The Morgan fingerprint density at radius 2 is 1.78 bits per heavy atom. The second kappa shape index (κ2) is 9.35. The van der Waals surface area contributed by atoms with Crippen LogP contribution in [0.2, 0.25) is 0 Å². The molecule has 1 atom stereocenters. The summed E-state index contributed by atoms with van der Waals surface area (Å²) in [4.78, 5) is 8.30. The van der Waals surface area contributed by atoms with Crippen molar-refractivity contribution in [1.29, 1.82) is 0 Å². The van der Waals surface area contributed by atoms with Crippen molar-refractivity contribution in [3.05, 3.63) is 60.9 Å². The highest BCUT2D eigenvalue weighted by Crippen LogP contribution is 2.45. The number of benzene rings is 2. The molecule has 10 heteroatoms. The minimum Gasteiger partial charge on any atom is -0.424 e. The summed E-state index contributed by atoms with van der Waals surface area (Å²) in [5.41, 5.74) is 10.8. The summed E-state index contributed by atoms with van der Waals surface area (Å²) in [5, 5.41) is 0.950. The van der Waals surface area contributed by atoms with Crippen molar-refractivity contribution in [2.45, 2.75) is 51.1 Å². The SMILES string of the molecule is C[C@H](NS(=O)(=O)Nc1ccc(-c2c(N)c3ccc(Oc4ncccn4)cc3n2C2CCC2)cc1)C1CC1. The van der Waals surface area contributed by atoms with Gasteiger partial charge in [0, 0.05) is 47.2 Å². The van der Waals surface area contributed by atoms with E-state index in [1.54, 1.807) is 30.6 Å². The van der Waals surface area contributed by atoms with Crippen molar-refractivity contribution in [2.75, 3.05) is 10.5 Å². The molecule has 2 heterocycles. The standard InChI is InChI=1S/C27H30N6O3S/c1-17(18-6-7-18)31-37(34,35)32-20-10-8-19(9-11-20)26-25(28)23-13-12-22(36-27-29-14-3-15-30-27)16-24(23)33(26)21-4-2-5-21/h3,8-18,21,31-32H,2,4-7,28H2,1H3/t17-/m0/s1. The zero-order valence-corrected chi connectivity index (χ0v) is 21.4. The Bertz CT molecular complexity index is 1530. The number of fused-ring (bicyclic) bond motifs is 1. The van der Waals surface area contributed by atoms with Crippen LogP contribution >= 0.6 is 0 Å². The molecule has 0 unspecified atom stereocenters. The lowest BCUT2D eigenvalue weighted by Crippen LogP contribution is -2.38. The number of hydrogen-bond acceptors (Lipinski definition) is 6. The van der Waals surface area contributed by atoms with Crippen LogP contribution in [0.25, 0.3) is 22.2 Å². The topological polar surface area (TPSA) is 124 Å². The summed E-state index contributed by atoms with van der Waals surface area (Å²) in [6.45, 7) is 1.91. The molecule has 2 aromatic carbocycles. The fourth-order valence-corrected chi connectivity index (χ4v) is 6.15. The Labute approximate surface area is 216 Å². The third-order valence-corrected chi connectivity index (χ3v) is 8.47. The summed E-state index contributed by atoms with van der Waals surface area (Å²) >= 11 is 0. The molecule has 2 aromatic heterocycles. The van der Waals surface area contributed by atoms with Gasteiger partial charge < -0.3 is 15.0 Å². The molecule has 0 amide bonds. The Morgan fingerprint density at radius 1 is 1.05 bits per heavy atom. The van der Waals surface area contributed by atoms with Crippen LogP contribution in [0, 0.1) is 5.92 Å². The Balaban J connectivity index is 1.32. The van der Waals surface area contributed by atoms with Gasteiger partial charge in [0.2, 0.25) is 0 Å². The number of aromatic nitrogens is 3. The van der Waals surface area contributed by atoms with Gasteiger partial charge in [0.05, 0.1) is 16.9 Å². The van der Waals surface area contributed by atoms with E-state index in [0.29, 0.717) is 29.1 Å². The van der Waals surface area contributed by atoms with E-state index in [-0.39, 0.29) is 12.1 Å². The zero-order chi connectivity index (χ0) is 25.6. The minimum atomic E-state index is -3.65. The van der Waals surface area contributed by atoms with E-state index in [9.17, 15) is 8.42 Å². The van der Waals surface area contributed by atoms with Crippen LogP contribution in [0.3, 0.4) is 0 Å². The van der Waals surface area contributed by atoms with Gasteiger partial charge in [0.25, 0.3) is 10.2 Å². The van der Waals surface area contributed by atoms with Crippen molar-refractivity contribution in [1.82, 2.24) is 19.3 Å². The second-order valence-corrected chi connectivity index (χ2v) is 11.4. The van der Waals surface area contributed by atoms with Crippen molar-refractivity contribution < 1.29 is 13.2 Å². The number of nitrogen functional groups attached to an aromatic ring is 1. The molecule has 9 nitrogen and oxygen atoms in total. The summed E-state index contributed by atoms with van der Waals surface area (Å²) in [6, 6.07) is 15.5. The molecule has 0 bridgehead atoms. The van der Waals surface area contributed by atoms with Gasteiger partial charge in [-0.25, -0.2) is 9.97 Å². The molecule has 6 rings (SSSR count). The lowest BCUT2D eigenvalue weighted by molar-refractivity contribution is 0.324. The van der Waals surface area contributed by atoms with Crippen LogP contribution in [0.5, 0.6) is 11.8 Å². The highest BCUT2D eigenvalue weighted by molar-refractivity contribution is 7.90. The third kappa shape index (κ3) is 4.86. The predicted octanol–water partition coefficient (Wildman–Crippen LogP) is 5.24. The number of nitrogens with zero attached hydrogens (tertiary/aromatic N) is 3. The molecule has 4 aromatic rings. The van der Waals surface area contributed by atoms with Gasteiger partial charge in [-0.2, -0.15) is 13.1 Å². The number of rotatable bonds is 9. The van der Waals surface area contributed by atoms with Crippen molar-refractivity contribution in [2.24, 2.45) is 5.92 Å². The van der Waals surface area contributed by atoms with Crippen molar-refractivity contribution in [3.8, 4) is 23.0 Å². The molecule has 2 fully saturated rings. The van der Waals surface area contributed by atoms with Gasteiger partial charge in [0.15, 0.2) is 0 Å². The number of nitrogens with one attached hydrogen (secondary N) is 2. The predicted molar refractivity (Wildman–Crippen MR) is 145 cm³/mol. The second-order valence-electron chi connectivity index (χ2n) is 9.96. The van der Waals surface area contributed by atoms with Gasteiger partial charge >= 0.3 is 6.01 Å². The van der Waals surface area contributed by atoms with Gasteiger partial charge in [-0.05, 0) is 75.3 Å². The number of nitrogens with two attached hydrogens (primary N) is 1. The van der Waals surface area contributed by atoms with Gasteiger partial charge in [-0.1, -0.05) is 12.1 Å². The molecule has 0 spiro atoms. The molecule has 4 N–H and O–H groups in total. The molecule has 0 saturated heterocycles. The quantitative estimate of drug-likeness (QED) is 0.278. The molecule has 192 valence electrons. The average molecular weight is 519 g/mol. The summed E-state index contributed by atoms with van der Waals surface area (Å²) in [6.07, 6.45) is 8.75. The highest BCUT2D eigenvalue weighted by atomic mass is 32.2. The number of ether oxygens (including phenoxy) is 1. The normalized spacial score (nSPS) is 16.9. The van der Waals surface area contributed by atoms with E-state index in [0.717, 1.165) is 47.8 Å². The smallest absolute Gasteiger partial charge is 0.321 e. The molecule has 2 aliphatic carbocycles. The van der Waals surface area contributed by atoms with E-state index in [4.69, 9.17) is 10.5 Å². The van der Waals surface area contributed by atoms with E-state index in [1.165, 1.54) is 6.42 Å². The molecule has 0 aliphatic heterocycles. The highest BCUT2D eigenvalue weighted by Gasteiger charge is 2.31. The fraction of sp³-hybridized carbons (Fsp3) is 0.333. The van der Waals surface area contributed by atoms with Crippen LogP contribution in [0.4, 0.5) is 11.4 Å². The first-order chi connectivity index (χ1) is 17.9. The van der Waals surface area contributed by atoms with E-state index < -0.39 is 10.2 Å². The maximum atomic E-state index is 12.6. The molecule has 37 heavy (non-hydrogen) atoms. The monoisotopic (exact) mass is 518 g/mol. The molecular weight excluding hydrogens is 488 g/mol. The summed E-state index contributed by atoms with van der Waals surface area (Å²) in [5.74, 6) is 1.07. The molecule has 0 radical (unpaired) electrons. The number of anilines is 2. The van der Waals surface area contributed by atoms with Crippen molar-refractivity contribution in [3.63, 3.8) is 0 Å². The lowest BCUT2D eigenvalue weighted by Gasteiger charge is -2.30. The van der Waals surface area contributed by atoms with Crippen molar-refractivity contribution >= 4 is 32.5 Å². The maximum Gasteiger partial charge on any atom is 0.321 e. The first-order valence-electron chi connectivity index (χ1n) is 12.7. The van der Waals surface area contributed by atoms with Crippen LogP contribution in [-0.2, 0) is 10.2 Å². The fourth-order valence-electron chi connectivity index (χ4n) is 4.96. The largest absolute Gasteiger partial charge is 0.424 e. The van der Waals surface area contributed by atoms with Gasteiger partial charge in [0.1, 0.15) is 5.75 Å². The molecule has 2 aliphatic rings. The first kappa shape index (κ1) is 23.7. The summed E-state index contributed by atoms with van der Waals surface area (Å²) in [7, 11) is -3.65. The van der Waals surface area contributed by atoms with E-state index in [2.05, 4.69) is 24.0 Å². The van der Waals surface area contributed by atoms with Crippen LogP contribution in [0.15, 0.2) is 60.9 Å². The van der Waals surface area contributed by atoms with Gasteiger partial charge in [-0.15, -0.1) is 0 Å². The first-order valence-corrected chi connectivity index (χ1v) is 14.1. The molecule has 2 saturated carbocycles. The molecular formula is C27H30N6O3S. The van der Waals surface area contributed by atoms with E-state index >= 15 is 0 Å². The number of hydrogen-bond donors (Lipinski definition) is 3. The van der Waals surface area contributed by atoms with Crippen LogP contribution in [0.1, 0.15) is 45.1 Å². The summed E-state index contributed by atoms with van der Waals surface area (Å²) < 4.78 is 38.6.